The van der Waals surface area contributed by atoms with Crippen LogP contribution in [0.4, 0.5) is 0 Å². The number of rotatable bonds is 3. The fourth-order valence-electron chi connectivity index (χ4n) is 0.556. The molecular formula is C7H16N2O. The first-order valence-corrected chi connectivity index (χ1v) is 3.53. The first-order chi connectivity index (χ1) is 4.59. The second-order valence-electron chi connectivity index (χ2n) is 2.53. The first-order valence-electron chi connectivity index (χ1n) is 3.53. The molecule has 0 rings (SSSR count). The summed E-state index contributed by atoms with van der Waals surface area (Å²) in [5, 5.41) is 2.75. The zero-order valence-corrected chi connectivity index (χ0v) is 7.14. The third-order valence-corrected chi connectivity index (χ3v) is 1.51. The number of hydrogen-bond donors (Lipinski definition) is 1. The topological polar surface area (TPSA) is 32.3 Å². The van der Waals surface area contributed by atoms with Crippen molar-refractivity contribution < 1.29 is 4.79 Å². The van der Waals surface area contributed by atoms with Crippen LogP contribution in [0, 0.1) is 0 Å². The van der Waals surface area contributed by atoms with Crippen molar-refractivity contribution in [3.05, 3.63) is 0 Å². The second kappa shape index (κ2) is 4.28. The molecule has 0 aromatic rings. The fourth-order valence-corrected chi connectivity index (χ4v) is 0.556. The van der Waals surface area contributed by atoms with Gasteiger partial charge in [0.05, 0.1) is 6.04 Å². The number of nitrogens with zero attached hydrogens (tertiary/aromatic N) is 1. The minimum absolute atomic E-state index is 0.0278. The Hall–Kier alpha value is -0.570. The molecule has 0 aliphatic rings. The number of amides is 1. The molecule has 10 heavy (non-hydrogen) atoms. The van der Waals surface area contributed by atoms with E-state index in [4.69, 9.17) is 0 Å². The molecule has 1 amide bonds. The van der Waals surface area contributed by atoms with E-state index in [9.17, 15) is 4.79 Å². The SMILES string of the molecule is CCNC(=O)C(C)N(C)C. The lowest BCUT2D eigenvalue weighted by atomic mass is 10.3. The average molecular weight is 144 g/mol. The third-order valence-electron chi connectivity index (χ3n) is 1.51. The highest BCUT2D eigenvalue weighted by molar-refractivity contribution is 5.81. The molecule has 0 aromatic heterocycles. The van der Waals surface area contributed by atoms with Crippen molar-refractivity contribution in [1.29, 1.82) is 0 Å². The Kier molecular flexibility index (Phi) is 4.03. The van der Waals surface area contributed by atoms with Gasteiger partial charge in [-0.25, -0.2) is 0 Å². The molecule has 1 atom stereocenters. The van der Waals surface area contributed by atoms with Crippen molar-refractivity contribution in [1.82, 2.24) is 10.2 Å². The van der Waals surface area contributed by atoms with Crippen LogP contribution in [0.15, 0.2) is 0 Å². The van der Waals surface area contributed by atoms with Gasteiger partial charge < -0.3 is 5.32 Å². The molecule has 0 fully saturated rings. The molecule has 1 N–H and O–H groups in total. The maximum atomic E-state index is 11.0. The number of likely N-dealkylation sites (N-methyl/N-ethyl adjacent to an activating group) is 2. The highest BCUT2D eigenvalue weighted by Crippen LogP contribution is 1.89. The van der Waals surface area contributed by atoms with Crippen molar-refractivity contribution in [2.24, 2.45) is 0 Å². The molecular weight excluding hydrogens is 128 g/mol. The number of carbonyl (C=O) groups is 1. The summed E-state index contributed by atoms with van der Waals surface area (Å²) in [6.45, 7) is 4.50. The molecule has 0 saturated heterocycles. The van der Waals surface area contributed by atoms with Gasteiger partial charge in [-0.3, -0.25) is 9.69 Å². The van der Waals surface area contributed by atoms with Gasteiger partial charge >= 0.3 is 0 Å². The number of nitrogens with one attached hydrogen (secondary N) is 1. The van der Waals surface area contributed by atoms with E-state index in [1.807, 2.05) is 32.8 Å². The highest BCUT2D eigenvalue weighted by Gasteiger charge is 2.12. The molecule has 0 bridgehead atoms. The molecule has 0 aliphatic heterocycles. The van der Waals surface area contributed by atoms with Gasteiger partial charge in [0, 0.05) is 6.54 Å². The smallest absolute Gasteiger partial charge is 0.237 e. The minimum atomic E-state index is -0.0278. The molecule has 60 valence electrons. The van der Waals surface area contributed by atoms with Crippen LogP contribution in [-0.2, 0) is 4.79 Å². The lowest BCUT2D eigenvalue weighted by molar-refractivity contribution is -0.124. The molecule has 0 saturated carbocycles. The van der Waals surface area contributed by atoms with E-state index >= 15 is 0 Å². The van der Waals surface area contributed by atoms with Gasteiger partial charge in [-0.2, -0.15) is 0 Å². The van der Waals surface area contributed by atoms with Crippen molar-refractivity contribution in [3.8, 4) is 0 Å². The molecule has 0 aliphatic carbocycles. The van der Waals surface area contributed by atoms with Crippen molar-refractivity contribution in [2.45, 2.75) is 19.9 Å². The Morgan fingerprint density at radius 3 is 2.40 bits per heavy atom. The quantitative estimate of drug-likeness (QED) is 0.608. The summed E-state index contributed by atoms with van der Waals surface area (Å²) in [5.41, 5.74) is 0. The van der Waals surface area contributed by atoms with Crippen LogP contribution >= 0.6 is 0 Å². The van der Waals surface area contributed by atoms with Crippen LogP contribution in [0.3, 0.4) is 0 Å². The zero-order valence-electron chi connectivity index (χ0n) is 7.14. The minimum Gasteiger partial charge on any atom is -0.355 e. The van der Waals surface area contributed by atoms with Crippen LogP contribution in [0.1, 0.15) is 13.8 Å². The summed E-state index contributed by atoms with van der Waals surface area (Å²) in [7, 11) is 3.78. The van der Waals surface area contributed by atoms with E-state index in [-0.39, 0.29) is 11.9 Å². The average Bonchev–Trinajstić information content (AvgIpc) is 1.87. The molecule has 0 radical (unpaired) electrons. The maximum absolute atomic E-state index is 11.0. The van der Waals surface area contributed by atoms with E-state index < -0.39 is 0 Å². The van der Waals surface area contributed by atoms with Crippen molar-refractivity contribution in [2.75, 3.05) is 20.6 Å². The molecule has 0 heterocycles. The van der Waals surface area contributed by atoms with E-state index in [0.717, 1.165) is 0 Å². The van der Waals surface area contributed by atoms with E-state index in [1.165, 1.54) is 0 Å². The second-order valence-corrected chi connectivity index (χ2v) is 2.53. The molecule has 3 heteroatoms. The van der Waals surface area contributed by atoms with Crippen LogP contribution < -0.4 is 5.32 Å². The predicted octanol–water partition coefficient (Wildman–Crippen LogP) is 0.0726. The molecule has 1 unspecified atom stereocenters. The van der Waals surface area contributed by atoms with Gasteiger partial charge in [0.1, 0.15) is 0 Å². The van der Waals surface area contributed by atoms with Crippen LogP contribution in [0.5, 0.6) is 0 Å². The fraction of sp³-hybridized carbons (Fsp3) is 0.857. The third kappa shape index (κ3) is 2.82. The normalized spacial score (nSPS) is 13.3. The summed E-state index contributed by atoms with van der Waals surface area (Å²) in [5.74, 6) is 0.0903. The van der Waals surface area contributed by atoms with Gasteiger partial charge in [0.15, 0.2) is 0 Å². The summed E-state index contributed by atoms with van der Waals surface area (Å²) < 4.78 is 0. The summed E-state index contributed by atoms with van der Waals surface area (Å²) in [4.78, 5) is 12.9. The molecule has 0 spiro atoms. The van der Waals surface area contributed by atoms with Gasteiger partial charge in [-0.15, -0.1) is 0 Å². The van der Waals surface area contributed by atoms with E-state index in [0.29, 0.717) is 6.54 Å². The molecule has 0 aromatic carbocycles. The van der Waals surface area contributed by atoms with Gasteiger partial charge in [-0.1, -0.05) is 0 Å². The van der Waals surface area contributed by atoms with E-state index in [1.54, 1.807) is 0 Å². The van der Waals surface area contributed by atoms with Crippen LogP contribution in [0.25, 0.3) is 0 Å². The standard InChI is InChI=1S/C7H16N2O/c1-5-8-7(10)6(2)9(3)4/h6H,5H2,1-4H3,(H,8,10). The Morgan fingerprint density at radius 1 is 1.60 bits per heavy atom. The zero-order chi connectivity index (χ0) is 8.15. The largest absolute Gasteiger partial charge is 0.355 e. The number of carbonyl (C=O) groups excluding carboxylic acids is 1. The van der Waals surface area contributed by atoms with Gasteiger partial charge in [0.25, 0.3) is 0 Å². The highest BCUT2D eigenvalue weighted by atomic mass is 16.2. The Morgan fingerprint density at radius 2 is 2.10 bits per heavy atom. The van der Waals surface area contributed by atoms with Gasteiger partial charge in [0.2, 0.25) is 5.91 Å². The first kappa shape index (κ1) is 9.43. The number of hydrogen-bond acceptors (Lipinski definition) is 2. The maximum Gasteiger partial charge on any atom is 0.237 e. The Labute approximate surface area is 62.4 Å². The lowest BCUT2D eigenvalue weighted by Crippen LogP contribution is -2.41. The van der Waals surface area contributed by atoms with Crippen LogP contribution in [-0.4, -0.2) is 37.5 Å². The summed E-state index contributed by atoms with van der Waals surface area (Å²) >= 11 is 0. The Bertz CT molecular complexity index is 112. The Balaban J connectivity index is 3.71. The monoisotopic (exact) mass is 144 g/mol. The van der Waals surface area contributed by atoms with Crippen molar-refractivity contribution >= 4 is 5.91 Å². The summed E-state index contributed by atoms with van der Waals surface area (Å²) in [6.07, 6.45) is 0. The van der Waals surface area contributed by atoms with Crippen molar-refractivity contribution in [3.63, 3.8) is 0 Å². The summed E-state index contributed by atoms with van der Waals surface area (Å²) in [6, 6.07) is -0.0278. The van der Waals surface area contributed by atoms with E-state index in [2.05, 4.69) is 5.32 Å². The van der Waals surface area contributed by atoms with Gasteiger partial charge in [-0.05, 0) is 27.9 Å². The predicted molar refractivity (Wildman–Crippen MR) is 41.8 cm³/mol. The lowest BCUT2D eigenvalue weighted by Gasteiger charge is -2.17. The van der Waals surface area contributed by atoms with Crippen LogP contribution in [0.2, 0.25) is 0 Å². The molecule has 3 nitrogen and oxygen atoms in total.